The summed E-state index contributed by atoms with van der Waals surface area (Å²) in [5, 5.41) is 9.59. The van der Waals surface area contributed by atoms with E-state index in [1.165, 1.54) is 5.51 Å². The van der Waals surface area contributed by atoms with E-state index in [0.717, 1.165) is 22.8 Å². The molecular formula is C10H13N3O6S2. The van der Waals surface area contributed by atoms with Gasteiger partial charge in [0, 0.05) is 13.0 Å². The Balaban J connectivity index is 2.45. The van der Waals surface area contributed by atoms with Gasteiger partial charge in [-0.3, -0.25) is 4.79 Å². The fourth-order valence-electron chi connectivity index (χ4n) is 2.07. The molecule has 116 valence electrons. The number of ether oxygens (including phenoxy) is 1. The van der Waals surface area contributed by atoms with E-state index in [1.807, 2.05) is 0 Å². The Morgan fingerprint density at radius 1 is 1.57 bits per heavy atom. The van der Waals surface area contributed by atoms with Crippen molar-refractivity contribution in [3.8, 4) is 0 Å². The van der Waals surface area contributed by atoms with Gasteiger partial charge in [0.15, 0.2) is 9.90 Å². The van der Waals surface area contributed by atoms with E-state index in [1.54, 1.807) is 0 Å². The molecule has 11 heteroatoms. The minimum absolute atomic E-state index is 0.0824. The molecule has 1 amide bonds. The Morgan fingerprint density at radius 3 is 2.81 bits per heavy atom. The predicted molar refractivity (Wildman–Crippen MR) is 71.0 cm³/mol. The predicted octanol–water partition coefficient (Wildman–Crippen LogP) is -1.46. The van der Waals surface area contributed by atoms with Crippen molar-refractivity contribution >= 4 is 33.2 Å². The minimum Gasteiger partial charge on any atom is -0.464 e. The molecule has 3 N–H and O–H groups in total. The molecule has 2 unspecified atom stereocenters. The van der Waals surface area contributed by atoms with Gasteiger partial charge >= 0.3 is 5.97 Å². The first-order valence-electron chi connectivity index (χ1n) is 5.80. The van der Waals surface area contributed by atoms with E-state index in [-0.39, 0.29) is 22.9 Å². The third-order valence-electron chi connectivity index (χ3n) is 3.02. The van der Waals surface area contributed by atoms with Crippen LogP contribution in [-0.2, 0) is 19.6 Å². The lowest BCUT2D eigenvalue weighted by Crippen LogP contribution is -2.43. The number of amides is 1. The number of hydrogen-bond donors (Lipinski definition) is 2. The summed E-state index contributed by atoms with van der Waals surface area (Å²) in [6.07, 6.45) is -1.08. The zero-order valence-corrected chi connectivity index (χ0v) is 12.6. The zero-order valence-electron chi connectivity index (χ0n) is 10.9. The number of thiazole rings is 1. The van der Waals surface area contributed by atoms with Gasteiger partial charge in [-0.15, -0.1) is 11.3 Å². The maximum atomic E-state index is 12.6. The molecule has 1 aromatic rings. The largest absolute Gasteiger partial charge is 0.464 e. The first kappa shape index (κ1) is 15.8. The number of nitrogens with zero attached hydrogens (tertiary/aromatic N) is 2. The lowest BCUT2D eigenvalue weighted by molar-refractivity contribution is -0.121. The van der Waals surface area contributed by atoms with Crippen LogP contribution in [-0.4, -0.2) is 60.5 Å². The molecule has 0 aliphatic carbocycles. The Morgan fingerprint density at radius 2 is 2.24 bits per heavy atom. The van der Waals surface area contributed by atoms with Gasteiger partial charge < -0.3 is 15.6 Å². The van der Waals surface area contributed by atoms with Crippen LogP contribution in [0.1, 0.15) is 16.9 Å². The van der Waals surface area contributed by atoms with Crippen molar-refractivity contribution in [2.45, 2.75) is 22.8 Å². The highest BCUT2D eigenvalue weighted by Gasteiger charge is 2.44. The molecule has 1 aliphatic heterocycles. The number of rotatable bonds is 4. The Hall–Kier alpha value is -1.56. The van der Waals surface area contributed by atoms with Crippen LogP contribution in [0.25, 0.3) is 0 Å². The fraction of sp³-hybridized carbons (Fsp3) is 0.500. The van der Waals surface area contributed by atoms with Crippen LogP contribution >= 0.6 is 11.3 Å². The number of nitrogens with two attached hydrogens (primary N) is 1. The van der Waals surface area contributed by atoms with Crippen molar-refractivity contribution in [2.24, 2.45) is 5.73 Å². The molecule has 1 saturated heterocycles. The number of methoxy groups -OCH3 is 1. The molecule has 9 nitrogen and oxygen atoms in total. The first-order valence-corrected chi connectivity index (χ1v) is 8.12. The lowest BCUT2D eigenvalue weighted by Gasteiger charge is -2.20. The second-order valence-corrected chi connectivity index (χ2v) is 7.30. The number of aliphatic hydroxyl groups is 1. The van der Waals surface area contributed by atoms with Crippen molar-refractivity contribution in [1.29, 1.82) is 0 Å². The highest BCUT2D eigenvalue weighted by atomic mass is 32.2. The van der Waals surface area contributed by atoms with Crippen LogP contribution in [0.5, 0.6) is 0 Å². The molecule has 0 spiro atoms. The van der Waals surface area contributed by atoms with Crippen molar-refractivity contribution in [1.82, 2.24) is 9.29 Å². The highest BCUT2D eigenvalue weighted by Crippen LogP contribution is 2.30. The Kier molecular flexibility index (Phi) is 4.27. The lowest BCUT2D eigenvalue weighted by atomic mass is 10.2. The molecule has 0 aromatic carbocycles. The summed E-state index contributed by atoms with van der Waals surface area (Å²) < 4.78 is 30.1. The van der Waals surface area contributed by atoms with Gasteiger partial charge in [0.05, 0.1) is 18.7 Å². The number of primary amides is 1. The summed E-state index contributed by atoms with van der Waals surface area (Å²) in [4.78, 5) is 26.6. The number of carbonyl (C=O) groups excluding carboxylic acids is 2. The quantitative estimate of drug-likeness (QED) is 0.641. The van der Waals surface area contributed by atoms with Crippen LogP contribution in [0.15, 0.2) is 9.72 Å². The Labute approximate surface area is 124 Å². The van der Waals surface area contributed by atoms with Gasteiger partial charge in [0.25, 0.3) is 10.0 Å². The van der Waals surface area contributed by atoms with Crippen molar-refractivity contribution < 1.29 is 27.9 Å². The first-order chi connectivity index (χ1) is 9.78. The molecule has 2 heterocycles. The topological polar surface area (TPSA) is 140 Å². The zero-order chi connectivity index (χ0) is 15.8. The molecule has 2 atom stereocenters. The monoisotopic (exact) mass is 335 g/mol. The average Bonchev–Trinajstić information content (AvgIpc) is 3.04. The molecule has 1 fully saturated rings. The average molecular weight is 335 g/mol. The number of aromatic nitrogens is 1. The summed E-state index contributed by atoms with van der Waals surface area (Å²) >= 11 is 0.727. The van der Waals surface area contributed by atoms with Gasteiger partial charge in [-0.25, -0.2) is 18.2 Å². The van der Waals surface area contributed by atoms with E-state index in [9.17, 15) is 23.1 Å². The number of aliphatic hydroxyl groups excluding tert-OH is 1. The summed E-state index contributed by atoms with van der Waals surface area (Å²) in [6, 6.07) is -1.16. The number of esters is 1. The summed E-state index contributed by atoms with van der Waals surface area (Å²) in [5.41, 5.74) is 6.00. The maximum Gasteiger partial charge on any atom is 0.358 e. The number of hydrogen-bond acceptors (Lipinski definition) is 8. The third kappa shape index (κ3) is 2.77. The SMILES string of the molecule is COC(=O)c1ncsc1S(=O)(=O)N1CC(O)CC1C(N)=O. The van der Waals surface area contributed by atoms with Gasteiger partial charge in [-0.05, 0) is 0 Å². The minimum atomic E-state index is -4.18. The second-order valence-electron chi connectivity index (χ2n) is 4.36. The fourth-order valence-corrected chi connectivity index (χ4v) is 4.96. The summed E-state index contributed by atoms with van der Waals surface area (Å²) in [5.74, 6) is -1.76. The van der Waals surface area contributed by atoms with Gasteiger partial charge in [0.1, 0.15) is 6.04 Å². The third-order valence-corrected chi connectivity index (χ3v) is 6.24. The molecule has 1 aliphatic rings. The van der Waals surface area contributed by atoms with Crippen LogP contribution in [0.2, 0.25) is 0 Å². The van der Waals surface area contributed by atoms with Gasteiger partial charge in [-0.1, -0.05) is 0 Å². The van der Waals surface area contributed by atoms with Crippen LogP contribution in [0, 0.1) is 0 Å². The van der Waals surface area contributed by atoms with E-state index >= 15 is 0 Å². The van der Waals surface area contributed by atoms with Crippen molar-refractivity contribution in [3.63, 3.8) is 0 Å². The smallest absolute Gasteiger partial charge is 0.358 e. The number of sulfonamides is 1. The molecule has 0 saturated carbocycles. The normalized spacial score (nSPS) is 23.1. The molecule has 2 rings (SSSR count). The second kappa shape index (κ2) is 5.67. The maximum absolute atomic E-state index is 12.6. The molecule has 0 radical (unpaired) electrons. The summed E-state index contributed by atoms with van der Waals surface area (Å²) in [7, 11) is -3.08. The molecule has 0 bridgehead atoms. The van der Waals surface area contributed by atoms with Crippen molar-refractivity contribution in [3.05, 3.63) is 11.2 Å². The van der Waals surface area contributed by atoms with Crippen LogP contribution in [0.4, 0.5) is 0 Å². The highest BCUT2D eigenvalue weighted by molar-refractivity contribution is 7.91. The number of carbonyl (C=O) groups is 2. The molecule has 1 aromatic heterocycles. The van der Waals surface area contributed by atoms with Crippen molar-refractivity contribution in [2.75, 3.05) is 13.7 Å². The van der Waals surface area contributed by atoms with Gasteiger partial charge in [0.2, 0.25) is 5.91 Å². The molecule has 21 heavy (non-hydrogen) atoms. The van der Waals surface area contributed by atoms with E-state index in [0.29, 0.717) is 0 Å². The van der Waals surface area contributed by atoms with E-state index < -0.39 is 34.0 Å². The molecular weight excluding hydrogens is 322 g/mol. The standard InChI is InChI=1S/C10H13N3O6S2/c1-19-9(16)7-10(20-4-12-7)21(17,18)13-3-5(14)2-6(13)8(11)15/h4-6,14H,2-3H2,1H3,(H2,11,15). The van der Waals surface area contributed by atoms with Gasteiger partial charge in [-0.2, -0.15) is 4.31 Å². The van der Waals surface area contributed by atoms with Crippen LogP contribution < -0.4 is 5.73 Å². The van der Waals surface area contributed by atoms with E-state index in [4.69, 9.17) is 5.73 Å². The van der Waals surface area contributed by atoms with E-state index in [2.05, 4.69) is 9.72 Å². The van der Waals surface area contributed by atoms with Crippen LogP contribution in [0.3, 0.4) is 0 Å². The summed E-state index contributed by atoms with van der Waals surface area (Å²) in [6.45, 7) is -0.269. The Bertz CT molecular complexity index is 670. The number of β-amino-alcohol motifs (C(OH)–C–C–N with tert-alkyl or cyclic N) is 1.